The molecule has 5 heteroatoms. The Balaban J connectivity index is 2.56. The van der Waals surface area contributed by atoms with Crippen molar-refractivity contribution in [3.8, 4) is 0 Å². The van der Waals surface area contributed by atoms with Crippen LogP contribution in [0, 0.1) is 0 Å². The summed E-state index contributed by atoms with van der Waals surface area (Å²) >= 11 is 0. The molecule has 1 rings (SSSR count). The Labute approximate surface area is 82.8 Å². The molecule has 0 radical (unpaired) electrons. The van der Waals surface area contributed by atoms with E-state index in [-0.39, 0.29) is 6.04 Å². The first kappa shape index (κ1) is 10.7. The Morgan fingerprint density at radius 2 is 2.36 bits per heavy atom. The van der Waals surface area contributed by atoms with Crippen LogP contribution in [0.1, 0.15) is 13.8 Å². The predicted octanol–water partition coefficient (Wildman–Crippen LogP) is 0.334. The van der Waals surface area contributed by atoms with Gasteiger partial charge in [-0.2, -0.15) is 0 Å². The lowest BCUT2D eigenvalue weighted by Gasteiger charge is -2.17. The van der Waals surface area contributed by atoms with E-state index >= 15 is 0 Å². The van der Waals surface area contributed by atoms with E-state index in [2.05, 4.69) is 10.3 Å². The molecule has 1 atom stereocenters. The van der Waals surface area contributed by atoms with E-state index in [0.717, 1.165) is 0 Å². The van der Waals surface area contributed by atoms with Crippen LogP contribution in [0.5, 0.6) is 0 Å². The van der Waals surface area contributed by atoms with E-state index in [1.165, 1.54) is 0 Å². The maximum absolute atomic E-state index is 10.9. The molecule has 0 amide bonds. The van der Waals surface area contributed by atoms with Crippen LogP contribution in [-0.4, -0.2) is 32.7 Å². The van der Waals surface area contributed by atoms with Crippen LogP contribution in [0.4, 0.5) is 0 Å². The molecule has 14 heavy (non-hydrogen) atoms. The number of nitrogens with one attached hydrogen (secondary N) is 1. The highest BCUT2D eigenvalue weighted by atomic mass is 16.4. The third-order valence-electron chi connectivity index (χ3n) is 1.79. The highest BCUT2D eigenvalue weighted by Crippen LogP contribution is 1.94. The molecule has 1 aromatic heterocycles. The molecule has 0 aliphatic heterocycles. The molecule has 0 saturated carbocycles. The van der Waals surface area contributed by atoms with Crippen LogP contribution in [-0.2, 0) is 11.3 Å². The Kier molecular flexibility index (Phi) is 3.64. The summed E-state index contributed by atoms with van der Waals surface area (Å²) in [5.41, 5.74) is 0. The zero-order chi connectivity index (χ0) is 10.6. The summed E-state index contributed by atoms with van der Waals surface area (Å²) in [5, 5.41) is 11.9. The summed E-state index contributed by atoms with van der Waals surface area (Å²) in [6.07, 6.45) is 4.99. The normalized spacial score (nSPS) is 13.1. The van der Waals surface area contributed by atoms with Gasteiger partial charge in [0, 0.05) is 25.0 Å². The third-order valence-corrected chi connectivity index (χ3v) is 1.79. The number of carboxylic acid groups (broad SMARTS) is 1. The van der Waals surface area contributed by atoms with Gasteiger partial charge in [-0.15, -0.1) is 0 Å². The fraction of sp³-hybridized carbons (Fsp3) is 0.556. The first-order valence-corrected chi connectivity index (χ1v) is 4.54. The average molecular weight is 197 g/mol. The minimum atomic E-state index is -0.840. The van der Waals surface area contributed by atoms with Crippen molar-refractivity contribution in [3.63, 3.8) is 0 Å². The topological polar surface area (TPSA) is 67.2 Å². The molecule has 1 unspecified atom stereocenters. The number of aliphatic carboxylic acids is 1. The summed E-state index contributed by atoms with van der Waals surface area (Å²) in [6, 6.07) is -0.413. The monoisotopic (exact) mass is 197 g/mol. The van der Waals surface area contributed by atoms with Crippen molar-refractivity contribution in [1.82, 2.24) is 14.9 Å². The average Bonchev–Trinajstić information content (AvgIpc) is 2.54. The van der Waals surface area contributed by atoms with Crippen molar-refractivity contribution in [3.05, 3.63) is 18.7 Å². The molecule has 5 nitrogen and oxygen atoms in total. The van der Waals surface area contributed by atoms with Gasteiger partial charge < -0.3 is 15.0 Å². The number of hydrogen-bond acceptors (Lipinski definition) is 3. The minimum Gasteiger partial charge on any atom is -0.480 e. The molecule has 78 valence electrons. The van der Waals surface area contributed by atoms with E-state index in [9.17, 15) is 4.79 Å². The number of aromatic nitrogens is 2. The summed E-state index contributed by atoms with van der Waals surface area (Å²) in [6.45, 7) is 4.24. The summed E-state index contributed by atoms with van der Waals surface area (Å²) < 4.78 is 1.74. The molecule has 0 aliphatic rings. The highest BCUT2D eigenvalue weighted by Gasteiger charge is 2.17. The van der Waals surface area contributed by atoms with Gasteiger partial charge in [-0.05, 0) is 0 Å². The first-order valence-electron chi connectivity index (χ1n) is 4.54. The van der Waals surface area contributed by atoms with Crippen molar-refractivity contribution < 1.29 is 9.90 Å². The SMILES string of the molecule is CC(C)NC(Cn1ccnc1)C(=O)O. The predicted molar refractivity (Wildman–Crippen MR) is 51.9 cm³/mol. The van der Waals surface area contributed by atoms with E-state index in [1.807, 2.05) is 13.8 Å². The van der Waals surface area contributed by atoms with Gasteiger partial charge in [0.15, 0.2) is 0 Å². The van der Waals surface area contributed by atoms with Crippen molar-refractivity contribution in [2.24, 2.45) is 0 Å². The van der Waals surface area contributed by atoms with Gasteiger partial charge in [0.1, 0.15) is 6.04 Å². The number of carbonyl (C=O) groups is 1. The van der Waals surface area contributed by atoms with Gasteiger partial charge in [0.25, 0.3) is 0 Å². The lowest BCUT2D eigenvalue weighted by Crippen LogP contribution is -2.43. The highest BCUT2D eigenvalue weighted by molar-refractivity contribution is 5.73. The molecule has 0 spiro atoms. The van der Waals surface area contributed by atoms with E-state index in [4.69, 9.17) is 5.11 Å². The molecular formula is C9H15N3O2. The quantitative estimate of drug-likeness (QED) is 0.714. The number of rotatable bonds is 5. The Hall–Kier alpha value is -1.36. The standard InChI is InChI=1S/C9H15N3O2/c1-7(2)11-8(9(13)14)5-12-4-3-10-6-12/h3-4,6-8,11H,5H2,1-2H3,(H,13,14). The van der Waals surface area contributed by atoms with Gasteiger partial charge in [0.05, 0.1) is 6.33 Å². The number of nitrogens with zero attached hydrogens (tertiary/aromatic N) is 2. The fourth-order valence-electron chi connectivity index (χ4n) is 1.21. The Morgan fingerprint density at radius 3 is 2.79 bits per heavy atom. The molecule has 2 N–H and O–H groups in total. The van der Waals surface area contributed by atoms with Crippen molar-refractivity contribution >= 4 is 5.97 Å². The zero-order valence-corrected chi connectivity index (χ0v) is 8.34. The second-order valence-corrected chi connectivity index (χ2v) is 3.47. The van der Waals surface area contributed by atoms with Crippen LogP contribution in [0.25, 0.3) is 0 Å². The lowest BCUT2D eigenvalue weighted by molar-refractivity contribution is -0.140. The summed E-state index contributed by atoms with van der Waals surface area (Å²) in [7, 11) is 0. The molecule has 0 fully saturated rings. The van der Waals surface area contributed by atoms with Crippen LogP contribution in [0.2, 0.25) is 0 Å². The van der Waals surface area contributed by atoms with Gasteiger partial charge >= 0.3 is 5.97 Å². The van der Waals surface area contributed by atoms with E-state index in [1.54, 1.807) is 23.3 Å². The van der Waals surface area contributed by atoms with E-state index in [0.29, 0.717) is 6.54 Å². The molecule has 0 bridgehead atoms. The van der Waals surface area contributed by atoms with Gasteiger partial charge in [-0.25, -0.2) is 4.98 Å². The van der Waals surface area contributed by atoms with Gasteiger partial charge in [-0.1, -0.05) is 13.8 Å². The largest absolute Gasteiger partial charge is 0.480 e. The smallest absolute Gasteiger partial charge is 0.322 e. The number of imidazole rings is 1. The van der Waals surface area contributed by atoms with Crippen molar-refractivity contribution in [2.75, 3.05) is 0 Å². The van der Waals surface area contributed by atoms with Gasteiger partial charge in [-0.3, -0.25) is 4.79 Å². The zero-order valence-electron chi connectivity index (χ0n) is 8.34. The minimum absolute atomic E-state index is 0.152. The number of carboxylic acids is 1. The Bertz CT molecular complexity index is 282. The maximum atomic E-state index is 10.9. The molecule has 0 saturated heterocycles. The van der Waals surface area contributed by atoms with Gasteiger partial charge in [0.2, 0.25) is 0 Å². The first-order chi connectivity index (χ1) is 6.59. The second-order valence-electron chi connectivity index (χ2n) is 3.47. The third kappa shape index (κ3) is 3.18. The summed E-state index contributed by atoms with van der Waals surface area (Å²) in [5.74, 6) is -0.840. The summed E-state index contributed by atoms with van der Waals surface area (Å²) in [4.78, 5) is 14.7. The van der Waals surface area contributed by atoms with Crippen molar-refractivity contribution in [1.29, 1.82) is 0 Å². The van der Waals surface area contributed by atoms with Crippen LogP contribution >= 0.6 is 0 Å². The maximum Gasteiger partial charge on any atom is 0.322 e. The molecule has 0 aliphatic carbocycles. The van der Waals surface area contributed by atoms with E-state index < -0.39 is 12.0 Å². The van der Waals surface area contributed by atoms with Crippen LogP contribution in [0.15, 0.2) is 18.7 Å². The van der Waals surface area contributed by atoms with Crippen LogP contribution < -0.4 is 5.32 Å². The molecular weight excluding hydrogens is 182 g/mol. The molecule has 0 aromatic carbocycles. The molecule has 1 aromatic rings. The molecule has 1 heterocycles. The van der Waals surface area contributed by atoms with Crippen molar-refractivity contribution in [2.45, 2.75) is 32.5 Å². The lowest BCUT2D eigenvalue weighted by atomic mass is 10.2. The Morgan fingerprint density at radius 1 is 1.64 bits per heavy atom. The number of hydrogen-bond donors (Lipinski definition) is 2. The fourth-order valence-corrected chi connectivity index (χ4v) is 1.21. The van der Waals surface area contributed by atoms with Crippen LogP contribution in [0.3, 0.4) is 0 Å². The second kappa shape index (κ2) is 4.76.